The van der Waals surface area contributed by atoms with E-state index < -0.39 is 0 Å². The first kappa shape index (κ1) is 18.2. The molecule has 2 aromatic carbocycles. The second-order valence-electron chi connectivity index (χ2n) is 5.92. The van der Waals surface area contributed by atoms with Crippen LogP contribution in [0, 0.1) is 6.92 Å². The molecule has 0 unspecified atom stereocenters. The summed E-state index contributed by atoms with van der Waals surface area (Å²) in [7, 11) is 3.16. The number of benzene rings is 2. The van der Waals surface area contributed by atoms with Crippen LogP contribution in [-0.2, 0) is 4.79 Å². The minimum atomic E-state index is -0.159. The van der Waals surface area contributed by atoms with Crippen molar-refractivity contribution >= 4 is 39.3 Å². The predicted molar refractivity (Wildman–Crippen MR) is 107 cm³/mol. The van der Waals surface area contributed by atoms with Crippen LogP contribution in [-0.4, -0.2) is 25.8 Å². The van der Waals surface area contributed by atoms with Crippen LogP contribution in [0.5, 0.6) is 11.5 Å². The number of halogens is 1. The molecule has 1 aliphatic heterocycles. The Labute approximate surface area is 161 Å². The molecule has 0 radical (unpaired) electrons. The SMILES string of the molecule is COc1cc(Br)c(C=C2C(=O)N(c3ccc(C)cc3)N=C2C)cc1OC. The van der Waals surface area contributed by atoms with Gasteiger partial charge in [-0.05, 0) is 49.8 Å². The third kappa shape index (κ3) is 3.37. The monoisotopic (exact) mass is 414 g/mol. The average Bonchev–Trinajstić information content (AvgIpc) is 2.91. The summed E-state index contributed by atoms with van der Waals surface area (Å²) in [5, 5.41) is 5.84. The number of rotatable bonds is 4. The number of anilines is 1. The van der Waals surface area contributed by atoms with Gasteiger partial charge in [0, 0.05) is 4.47 Å². The van der Waals surface area contributed by atoms with Gasteiger partial charge < -0.3 is 9.47 Å². The van der Waals surface area contributed by atoms with Gasteiger partial charge in [0.25, 0.3) is 5.91 Å². The van der Waals surface area contributed by atoms with Crippen LogP contribution in [0.2, 0.25) is 0 Å². The number of amides is 1. The summed E-state index contributed by atoms with van der Waals surface area (Å²) >= 11 is 3.52. The molecule has 0 fully saturated rings. The van der Waals surface area contributed by atoms with Gasteiger partial charge in [-0.1, -0.05) is 33.6 Å². The van der Waals surface area contributed by atoms with E-state index in [9.17, 15) is 4.79 Å². The third-order valence-corrected chi connectivity index (χ3v) is 4.83. The highest BCUT2D eigenvalue weighted by Gasteiger charge is 2.29. The van der Waals surface area contributed by atoms with Crippen molar-refractivity contribution in [1.82, 2.24) is 0 Å². The molecule has 26 heavy (non-hydrogen) atoms. The molecule has 0 bridgehead atoms. The molecule has 0 saturated heterocycles. The van der Waals surface area contributed by atoms with Gasteiger partial charge in [0.2, 0.25) is 0 Å². The van der Waals surface area contributed by atoms with E-state index in [1.165, 1.54) is 5.01 Å². The van der Waals surface area contributed by atoms with Crippen LogP contribution in [0.1, 0.15) is 18.1 Å². The molecule has 1 amide bonds. The van der Waals surface area contributed by atoms with Gasteiger partial charge in [-0.2, -0.15) is 10.1 Å². The highest BCUT2D eigenvalue weighted by atomic mass is 79.9. The predicted octanol–water partition coefficient (Wildman–Crippen LogP) is 4.58. The number of hydrazone groups is 1. The maximum absolute atomic E-state index is 12.9. The van der Waals surface area contributed by atoms with Gasteiger partial charge in [0.1, 0.15) is 0 Å². The van der Waals surface area contributed by atoms with E-state index in [4.69, 9.17) is 9.47 Å². The second kappa shape index (κ2) is 7.33. The molecule has 0 N–H and O–H groups in total. The maximum atomic E-state index is 12.9. The van der Waals surface area contributed by atoms with Crippen LogP contribution >= 0.6 is 15.9 Å². The summed E-state index contributed by atoms with van der Waals surface area (Å²) in [6, 6.07) is 11.3. The Hall–Kier alpha value is -2.60. The van der Waals surface area contributed by atoms with Crippen molar-refractivity contribution in [3.8, 4) is 11.5 Å². The highest BCUT2D eigenvalue weighted by molar-refractivity contribution is 9.10. The average molecular weight is 415 g/mol. The first-order valence-corrected chi connectivity index (χ1v) is 8.84. The lowest BCUT2D eigenvalue weighted by molar-refractivity contribution is -0.114. The first-order chi connectivity index (χ1) is 12.4. The Balaban J connectivity index is 1.99. The summed E-state index contributed by atoms with van der Waals surface area (Å²) < 4.78 is 11.4. The van der Waals surface area contributed by atoms with Crippen molar-refractivity contribution < 1.29 is 14.3 Å². The van der Waals surface area contributed by atoms with E-state index in [0.717, 1.165) is 21.3 Å². The van der Waals surface area contributed by atoms with Crippen LogP contribution in [0.3, 0.4) is 0 Å². The van der Waals surface area contributed by atoms with Crippen molar-refractivity contribution in [3.05, 3.63) is 57.6 Å². The zero-order valence-corrected chi connectivity index (χ0v) is 16.6. The van der Waals surface area contributed by atoms with Gasteiger partial charge in [-0.15, -0.1) is 0 Å². The molecule has 0 spiro atoms. The third-order valence-electron chi connectivity index (χ3n) is 4.14. The standard InChI is InChI=1S/C20H19BrN2O3/c1-12-5-7-15(8-6-12)23-20(24)16(13(2)22-23)9-14-10-18(25-3)19(26-4)11-17(14)21/h5-11H,1-4H3. The number of carbonyl (C=O) groups is 1. The first-order valence-electron chi connectivity index (χ1n) is 8.04. The molecule has 6 heteroatoms. The Kier molecular flexibility index (Phi) is 5.13. The fourth-order valence-electron chi connectivity index (χ4n) is 2.68. The Morgan fingerprint density at radius 2 is 1.65 bits per heavy atom. The van der Waals surface area contributed by atoms with Crippen molar-refractivity contribution in [3.63, 3.8) is 0 Å². The number of ether oxygens (including phenoxy) is 2. The fraction of sp³-hybridized carbons (Fsp3) is 0.200. The Bertz CT molecular complexity index is 917. The summed E-state index contributed by atoms with van der Waals surface area (Å²) in [4.78, 5) is 12.9. The lowest BCUT2D eigenvalue weighted by Gasteiger charge is -2.12. The Morgan fingerprint density at radius 1 is 1.04 bits per heavy atom. The molecule has 0 aromatic heterocycles. The number of nitrogens with zero attached hydrogens (tertiary/aromatic N) is 2. The van der Waals surface area contributed by atoms with E-state index in [1.54, 1.807) is 20.3 Å². The Morgan fingerprint density at radius 3 is 2.27 bits per heavy atom. The summed E-state index contributed by atoms with van der Waals surface area (Å²) in [5.41, 5.74) is 3.89. The van der Waals surface area contributed by atoms with Gasteiger partial charge in [0.15, 0.2) is 11.5 Å². The van der Waals surface area contributed by atoms with Gasteiger partial charge >= 0.3 is 0 Å². The van der Waals surface area contributed by atoms with Crippen LogP contribution < -0.4 is 14.5 Å². The maximum Gasteiger partial charge on any atom is 0.280 e. The molecule has 0 saturated carbocycles. The molecule has 134 valence electrons. The van der Waals surface area contributed by atoms with E-state index in [0.29, 0.717) is 22.8 Å². The normalized spacial score (nSPS) is 15.4. The fourth-order valence-corrected chi connectivity index (χ4v) is 3.12. The molecular weight excluding hydrogens is 396 g/mol. The lowest BCUT2D eigenvalue weighted by atomic mass is 10.1. The van der Waals surface area contributed by atoms with Gasteiger partial charge in [0.05, 0.1) is 31.2 Å². The second-order valence-corrected chi connectivity index (χ2v) is 6.78. The molecule has 0 atom stereocenters. The summed E-state index contributed by atoms with van der Waals surface area (Å²) in [6.07, 6.45) is 1.81. The molecule has 3 rings (SSSR count). The number of methoxy groups -OCH3 is 2. The molecule has 2 aromatic rings. The molecule has 5 nitrogen and oxygen atoms in total. The van der Waals surface area contributed by atoms with Crippen molar-refractivity contribution in [2.24, 2.45) is 5.10 Å². The number of carbonyl (C=O) groups excluding carboxylic acids is 1. The molecular formula is C20H19BrN2O3. The van der Waals surface area contributed by atoms with E-state index in [2.05, 4.69) is 21.0 Å². The van der Waals surface area contributed by atoms with Crippen molar-refractivity contribution in [2.45, 2.75) is 13.8 Å². The highest BCUT2D eigenvalue weighted by Crippen LogP contribution is 2.35. The number of hydrogen-bond acceptors (Lipinski definition) is 4. The van der Waals surface area contributed by atoms with E-state index in [1.807, 2.05) is 50.2 Å². The van der Waals surface area contributed by atoms with Crippen LogP contribution in [0.25, 0.3) is 6.08 Å². The lowest BCUT2D eigenvalue weighted by Crippen LogP contribution is -2.21. The van der Waals surface area contributed by atoms with Gasteiger partial charge in [-0.25, -0.2) is 0 Å². The topological polar surface area (TPSA) is 51.1 Å². The van der Waals surface area contributed by atoms with Crippen LogP contribution in [0.15, 0.2) is 51.5 Å². The molecule has 1 aliphatic rings. The molecule has 1 heterocycles. The zero-order chi connectivity index (χ0) is 18.8. The molecule has 0 aliphatic carbocycles. The summed E-state index contributed by atoms with van der Waals surface area (Å²) in [6.45, 7) is 3.83. The van der Waals surface area contributed by atoms with E-state index >= 15 is 0 Å². The smallest absolute Gasteiger partial charge is 0.280 e. The summed E-state index contributed by atoms with van der Waals surface area (Å²) in [5.74, 6) is 1.05. The van der Waals surface area contributed by atoms with Crippen LogP contribution in [0.4, 0.5) is 5.69 Å². The van der Waals surface area contributed by atoms with Crippen molar-refractivity contribution in [1.29, 1.82) is 0 Å². The number of hydrogen-bond donors (Lipinski definition) is 0. The minimum Gasteiger partial charge on any atom is -0.493 e. The zero-order valence-electron chi connectivity index (χ0n) is 15.0. The largest absolute Gasteiger partial charge is 0.493 e. The minimum absolute atomic E-state index is 0.159. The van der Waals surface area contributed by atoms with Crippen molar-refractivity contribution in [2.75, 3.05) is 19.2 Å². The van der Waals surface area contributed by atoms with Gasteiger partial charge in [-0.3, -0.25) is 4.79 Å². The number of aryl methyl sites for hydroxylation is 1. The van der Waals surface area contributed by atoms with E-state index in [-0.39, 0.29) is 5.91 Å². The quantitative estimate of drug-likeness (QED) is 0.687.